The van der Waals surface area contributed by atoms with Gasteiger partial charge in [-0.1, -0.05) is 48.5 Å². The largest absolute Gasteiger partial charge is 0.459 e. The molecule has 100 valence electrons. The molecule has 0 amide bonds. The molecule has 20 heavy (non-hydrogen) atoms. The average molecular weight is 264 g/mol. The van der Waals surface area contributed by atoms with Crippen molar-refractivity contribution in [3.8, 4) is 5.75 Å². The van der Waals surface area contributed by atoms with Crippen LogP contribution in [-0.2, 0) is 11.2 Å². The minimum absolute atomic E-state index is 0.180. The van der Waals surface area contributed by atoms with E-state index in [0.717, 1.165) is 17.9 Å². The van der Waals surface area contributed by atoms with Gasteiger partial charge in [-0.3, -0.25) is 0 Å². The highest BCUT2D eigenvalue weighted by Gasteiger charge is 2.40. The lowest BCUT2D eigenvalue weighted by molar-refractivity contribution is -0.0586. The van der Waals surface area contributed by atoms with Crippen molar-refractivity contribution in [1.29, 1.82) is 0 Å². The molecule has 0 fully saturated rings. The van der Waals surface area contributed by atoms with Crippen LogP contribution in [0.5, 0.6) is 5.75 Å². The molecular weight excluding hydrogens is 248 g/mol. The lowest BCUT2D eigenvalue weighted by Gasteiger charge is -2.29. The first-order valence-electron chi connectivity index (χ1n) is 7.00. The Labute approximate surface area is 118 Å². The molecular formula is C18H16O2. The minimum Gasteiger partial charge on any atom is -0.459 e. The fourth-order valence-corrected chi connectivity index (χ4v) is 3.21. The van der Waals surface area contributed by atoms with Gasteiger partial charge in [-0.2, -0.15) is 0 Å². The van der Waals surface area contributed by atoms with Crippen molar-refractivity contribution in [1.82, 2.24) is 0 Å². The van der Waals surface area contributed by atoms with Crippen molar-refractivity contribution in [3.05, 3.63) is 71.5 Å². The molecule has 0 saturated heterocycles. The third-order valence-electron chi connectivity index (χ3n) is 4.11. The van der Waals surface area contributed by atoms with Crippen molar-refractivity contribution in [2.45, 2.75) is 19.6 Å². The summed E-state index contributed by atoms with van der Waals surface area (Å²) >= 11 is 0. The van der Waals surface area contributed by atoms with Crippen LogP contribution in [0.25, 0.3) is 5.57 Å². The molecule has 0 spiro atoms. The molecule has 0 saturated carbocycles. The number of benzene rings is 2. The first-order chi connectivity index (χ1) is 9.83. The average Bonchev–Trinajstić information content (AvgIpc) is 2.80. The van der Waals surface area contributed by atoms with Gasteiger partial charge >= 0.3 is 0 Å². The second-order valence-corrected chi connectivity index (χ2v) is 5.36. The van der Waals surface area contributed by atoms with E-state index >= 15 is 0 Å². The number of hydrogen-bond donors (Lipinski definition) is 0. The normalized spacial score (nSPS) is 23.6. The third-order valence-corrected chi connectivity index (χ3v) is 4.11. The van der Waals surface area contributed by atoms with E-state index in [4.69, 9.17) is 9.47 Å². The number of fused-ring (bicyclic) bond motifs is 2. The Hall–Kier alpha value is -2.22. The second-order valence-electron chi connectivity index (χ2n) is 5.36. The minimum atomic E-state index is -0.180. The van der Waals surface area contributed by atoms with Crippen LogP contribution >= 0.6 is 0 Å². The van der Waals surface area contributed by atoms with Crippen LogP contribution in [0.2, 0.25) is 0 Å². The van der Waals surface area contributed by atoms with E-state index < -0.39 is 0 Å². The predicted molar refractivity (Wildman–Crippen MR) is 78.2 cm³/mol. The van der Waals surface area contributed by atoms with Crippen molar-refractivity contribution in [2.75, 3.05) is 0 Å². The number of hydrogen-bond acceptors (Lipinski definition) is 2. The quantitative estimate of drug-likeness (QED) is 0.774. The number of ether oxygens (including phenoxy) is 2. The zero-order chi connectivity index (χ0) is 13.5. The monoisotopic (exact) mass is 264 g/mol. The summed E-state index contributed by atoms with van der Waals surface area (Å²) in [6.07, 6.45) is 0.794. The SMILES string of the molecule is CC1=C(c2ccccc2)[C@H]2Cc3ccccc3O[C@H]2O1. The number of para-hydroxylation sites is 1. The van der Waals surface area contributed by atoms with Gasteiger partial charge < -0.3 is 9.47 Å². The molecule has 4 rings (SSSR count). The van der Waals surface area contributed by atoms with Crippen LogP contribution in [0.1, 0.15) is 18.1 Å². The Kier molecular flexibility index (Phi) is 2.56. The van der Waals surface area contributed by atoms with Crippen LogP contribution < -0.4 is 4.74 Å². The van der Waals surface area contributed by atoms with E-state index in [-0.39, 0.29) is 12.2 Å². The van der Waals surface area contributed by atoms with Crippen LogP contribution in [-0.4, -0.2) is 6.29 Å². The third kappa shape index (κ3) is 1.72. The maximum atomic E-state index is 6.01. The van der Waals surface area contributed by atoms with E-state index in [1.807, 2.05) is 25.1 Å². The van der Waals surface area contributed by atoms with Crippen molar-refractivity contribution in [3.63, 3.8) is 0 Å². The molecule has 2 aromatic carbocycles. The molecule has 0 unspecified atom stereocenters. The van der Waals surface area contributed by atoms with Gasteiger partial charge in [0.2, 0.25) is 6.29 Å². The van der Waals surface area contributed by atoms with E-state index in [0.29, 0.717) is 0 Å². The summed E-state index contributed by atoms with van der Waals surface area (Å²) in [6, 6.07) is 18.7. The molecule has 2 heteroatoms. The zero-order valence-corrected chi connectivity index (χ0v) is 11.4. The summed E-state index contributed by atoms with van der Waals surface area (Å²) in [5, 5.41) is 0. The molecule has 2 heterocycles. The van der Waals surface area contributed by atoms with Crippen LogP contribution in [0.4, 0.5) is 0 Å². The van der Waals surface area contributed by atoms with Crippen LogP contribution in [0, 0.1) is 5.92 Å². The summed E-state index contributed by atoms with van der Waals surface area (Å²) < 4.78 is 12.0. The molecule has 0 aromatic heterocycles. The summed E-state index contributed by atoms with van der Waals surface area (Å²) in [5.41, 5.74) is 3.78. The molecule has 0 radical (unpaired) electrons. The maximum absolute atomic E-state index is 6.01. The molecule has 0 bridgehead atoms. The van der Waals surface area contributed by atoms with E-state index in [1.165, 1.54) is 16.7 Å². The highest BCUT2D eigenvalue weighted by molar-refractivity contribution is 5.71. The standard InChI is InChI=1S/C18H16O2/c1-12-17(13-7-3-2-4-8-13)15-11-14-9-5-6-10-16(14)20-18(15)19-12/h2-10,15,18H,11H2,1H3/t15-,18-/m1/s1. The molecule has 2 aliphatic rings. The fraction of sp³-hybridized carbons (Fsp3) is 0.222. The topological polar surface area (TPSA) is 18.5 Å². The Bertz CT molecular complexity index is 673. The molecule has 2 aromatic rings. The fourth-order valence-electron chi connectivity index (χ4n) is 3.21. The lowest BCUT2D eigenvalue weighted by Crippen LogP contribution is -2.31. The van der Waals surface area contributed by atoms with Gasteiger partial charge in [0.05, 0.1) is 5.92 Å². The molecule has 0 N–H and O–H groups in total. The van der Waals surface area contributed by atoms with Gasteiger partial charge in [0.25, 0.3) is 0 Å². The second kappa shape index (κ2) is 4.41. The first-order valence-corrected chi connectivity index (χ1v) is 7.00. The van der Waals surface area contributed by atoms with Gasteiger partial charge in [-0.25, -0.2) is 0 Å². The van der Waals surface area contributed by atoms with Gasteiger partial charge in [0, 0.05) is 5.57 Å². The van der Waals surface area contributed by atoms with Gasteiger partial charge in [0.1, 0.15) is 11.5 Å². The Morgan fingerprint density at radius 1 is 0.900 bits per heavy atom. The van der Waals surface area contributed by atoms with E-state index in [1.54, 1.807) is 0 Å². The Morgan fingerprint density at radius 2 is 1.65 bits per heavy atom. The van der Waals surface area contributed by atoms with E-state index in [2.05, 4.69) is 36.4 Å². The summed E-state index contributed by atoms with van der Waals surface area (Å²) in [5.74, 6) is 2.22. The van der Waals surface area contributed by atoms with Crippen LogP contribution in [0.15, 0.2) is 60.4 Å². The highest BCUT2D eigenvalue weighted by Crippen LogP contribution is 2.44. The van der Waals surface area contributed by atoms with Gasteiger partial charge in [-0.05, 0) is 30.5 Å². The first kappa shape index (κ1) is 11.6. The summed E-state index contributed by atoms with van der Waals surface area (Å²) in [4.78, 5) is 0. The van der Waals surface area contributed by atoms with Crippen LogP contribution in [0.3, 0.4) is 0 Å². The van der Waals surface area contributed by atoms with E-state index in [9.17, 15) is 0 Å². The summed E-state index contributed by atoms with van der Waals surface area (Å²) in [6.45, 7) is 2.04. The summed E-state index contributed by atoms with van der Waals surface area (Å²) in [7, 11) is 0. The lowest BCUT2D eigenvalue weighted by atomic mass is 9.86. The zero-order valence-electron chi connectivity index (χ0n) is 11.4. The predicted octanol–water partition coefficient (Wildman–Crippen LogP) is 4.03. The Balaban J connectivity index is 1.75. The smallest absolute Gasteiger partial charge is 0.247 e. The van der Waals surface area contributed by atoms with Crippen molar-refractivity contribution >= 4 is 5.57 Å². The highest BCUT2D eigenvalue weighted by atomic mass is 16.7. The Morgan fingerprint density at radius 3 is 2.50 bits per heavy atom. The van der Waals surface area contributed by atoms with Gasteiger partial charge in [-0.15, -0.1) is 0 Å². The van der Waals surface area contributed by atoms with Gasteiger partial charge in [0.15, 0.2) is 0 Å². The maximum Gasteiger partial charge on any atom is 0.247 e. The number of rotatable bonds is 1. The van der Waals surface area contributed by atoms with Crippen molar-refractivity contribution < 1.29 is 9.47 Å². The molecule has 2 nitrogen and oxygen atoms in total. The number of allylic oxidation sites excluding steroid dienone is 1. The van der Waals surface area contributed by atoms with Crippen molar-refractivity contribution in [2.24, 2.45) is 5.92 Å². The molecule has 0 aliphatic carbocycles. The molecule has 2 aliphatic heterocycles. The molecule has 2 atom stereocenters.